The van der Waals surface area contributed by atoms with Crippen LogP contribution in [0.1, 0.15) is 42.6 Å². The SMILES string of the molecule is CCC(CC)(CO)CNC(=O)c1cccc(CN2CCOCC2)c1. The summed E-state index contributed by atoms with van der Waals surface area (Å²) in [5.74, 6) is -0.0708. The van der Waals surface area contributed by atoms with Gasteiger partial charge in [-0.1, -0.05) is 26.0 Å². The van der Waals surface area contributed by atoms with Gasteiger partial charge in [0.15, 0.2) is 0 Å². The summed E-state index contributed by atoms with van der Waals surface area (Å²) >= 11 is 0. The third-order valence-electron chi connectivity index (χ3n) is 5.16. The van der Waals surface area contributed by atoms with E-state index in [4.69, 9.17) is 4.74 Å². The fraction of sp³-hybridized carbons (Fsp3) is 0.632. The summed E-state index contributed by atoms with van der Waals surface area (Å²) < 4.78 is 5.37. The molecule has 1 aliphatic rings. The molecule has 0 saturated carbocycles. The number of hydrogen-bond donors (Lipinski definition) is 2. The van der Waals surface area contributed by atoms with Crippen molar-refractivity contribution in [3.8, 4) is 0 Å². The van der Waals surface area contributed by atoms with E-state index >= 15 is 0 Å². The molecule has 1 aliphatic heterocycles. The zero-order valence-corrected chi connectivity index (χ0v) is 14.9. The van der Waals surface area contributed by atoms with Gasteiger partial charge in [0, 0.05) is 37.2 Å². The highest BCUT2D eigenvalue weighted by molar-refractivity contribution is 5.94. The molecule has 1 fully saturated rings. The smallest absolute Gasteiger partial charge is 0.251 e. The van der Waals surface area contributed by atoms with Crippen LogP contribution >= 0.6 is 0 Å². The van der Waals surface area contributed by atoms with Crippen molar-refractivity contribution in [1.29, 1.82) is 0 Å². The molecule has 0 spiro atoms. The molecule has 2 rings (SSSR count). The van der Waals surface area contributed by atoms with Crippen LogP contribution in [0.5, 0.6) is 0 Å². The van der Waals surface area contributed by atoms with Crippen molar-refractivity contribution in [2.24, 2.45) is 5.41 Å². The van der Waals surface area contributed by atoms with Crippen molar-refractivity contribution in [1.82, 2.24) is 10.2 Å². The van der Waals surface area contributed by atoms with Crippen LogP contribution in [0.3, 0.4) is 0 Å². The topological polar surface area (TPSA) is 61.8 Å². The minimum atomic E-state index is -0.221. The lowest BCUT2D eigenvalue weighted by molar-refractivity contribution is 0.0342. The number of benzene rings is 1. The van der Waals surface area contributed by atoms with E-state index in [1.54, 1.807) is 0 Å². The molecule has 2 N–H and O–H groups in total. The van der Waals surface area contributed by atoms with Gasteiger partial charge in [-0.05, 0) is 30.5 Å². The van der Waals surface area contributed by atoms with Crippen LogP contribution in [-0.4, -0.2) is 55.4 Å². The molecule has 0 atom stereocenters. The van der Waals surface area contributed by atoms with Crippen molar-refractivity contribution in [3.05, 3.63) is 35.4 Å². The minimum Gasteiger partial charge on any atom is -0.396 e. The number of carbonyl (C=O) groups excluding carboxylic acids is 1. The van der Waals surface area contributed by atoms with E-state index in [9.17, 15) is 9.90 Å². The molecule has 5 heteroatoms. The van der Waals surface area contributed by atoms with Crippen LogP contribution < -0.4 is 5.32 Å². The Labute approximate surface area is 145 Å². The van der Waals surface area contributed by atoms with Gasteiger partial charge in [0.1, 0.15) is 0 Å². The fourth-order valence-electron chi connectivity index (χ4n) is 2.98. The van der Waals surface area contributed by atoms with Gasteiger partial charge in [0.2, 0.25) is 0 Å². The van der Waals surface area contributed by atoms with E-state index in [1.807, 2.05) is 18.2 Å². The first kappa shape index (κ1) is 18.9. The second-order valence-electron chi connectivity index (χ2n) is 6.64. The Kier molecular flexibility index (Phi) is 7.21. The molecule has 134 valence electrons. The lowest BCUT2D eigenvalue weighted by Gasteiger charge is -2.29. The lowest BCUT2D eigenvalue weighted by atomic mass is 9.83. The maximum absolute atomic E-state index is 12.5. The van der Waals surface area contributed by atoms with Crippen molar-refractivity contribution < 1.29 is 14.6 Å². The summed E-state index contributed by atoms with van der Waals surface area (Å²) in [5, 5.41) is 12.6. The largest absolute Gasteiger partial charge is 0.396 e. The summed E-state index contributed by atoms with van der Waals surface area (Å²) in [6, 6.07) is 7.80. The Balaban J connectivity index is 1.95. The fourth-order valence-corrected chi connectivity index (χ4v) is 2.98. The lowest BCUT2D eigenvalue weighted by Crippen LogP contribution is -2.39. The average molecular weight is 334 g/mol. The molecule has 24 heavy (non-hydrogen) atoms. The van der Waals surface area contributed by atoms with Crippen molar-refractivity contribution >= 4 is 5.91 Å². The molecular weight excluding hydrogens is 304 g/mol. The number of carbonyl (C=O) groups is 1. The summed E-state index contributed by atoms with van der Waals surface area (Å²) in [4.78, 5) is 14.8. The average Bonchev–Trinajstić information content (AvgIpc) is 2.64. The third kappa shape index (κ3) is 5.03. The normalized spacial score (nSPS) is 16.1. The molecule has 0 radical (unpaired) electrons. The number of morpholine rings is 1. The number of nitrogens with zero attached hydrogens (tertiary/aromatic N) is 1. The number of ether oxygens (including phenoxy) is 1. The van der Waals surface area contributed by atoms with Gasteiger partial charge in [-0.15, -0.1) is 0 Å². The third-order valence-corrected chi connectivity index (χ3v) is 5.16. The van der Waals surface area contributed by atoms with Crippen LogP contribution in [0.15, 0.2) is 24.3 Å². The number of hydrogen-bond acceptors (Lipinski definition) is 4. The van der Waals surface area contributed by atoms with Crippen LogP contribution in [0.4, 0.5) is 0 Å². The summed E-state index contributed by atoms with van der Waals surface area (Å²) in [6.45, 7) is 8.96. The number of nitrogens with one attached hydrogen (secondary N) is 1. The number of aliphatic hydroxyl groups is 1. The highest BCUT2D eigenvalue weighted by Gasteiger charge is 2.26. The van der Waals surface area contributed by atoms with Crippen molar-refractivity contribution in [2.75, 3.05) is 39.5 Å². The molecule has 1 aromatic carbocycles. The van der Waals surface area contributed by atoms with E-state index in [1.165, 1.54) is 0 Å². The van der Waals surface area contributed by atoms with E-state index in [-0.39, 0.29) is 17.9 Å². The number of rotatable bonds is 8. The monoisotopic (exact) mass is 334 g/mol. The minimum absolute atomic E-state index is 0.0708. The zero-order valence-electron chi connectivity index (χ0n) is 14.9. The number of amides is 1. The Morgan fingerprint density at radius 2 is 2.00 bits per heavy atom. The second-order valence-corrected chi connectivity index (χ2v) is 6.64. The standard InChI is InChI=1S/C19H30N2O3/c1-3-19(4-2,15-22)14-20-18(23)17-7-5-6-16(12-17)13-21-8-10-24-11-9-21/h5-7,12,22H,3-4,8-11,13-15H2,1-2H3,(H,20,23). The molecule has 0 aromatic heterocycles. The molecule has 0 bridgehead atoms. The van der Waals surface area contributed by atoms with Crippen molar-refractivity contribution in [2.45, 2.75) is 33.2 Å². The molecule has 1 heterocycles. The highest BCUT2D eigenvalue weighted by Crippen LogP contribution is 2.24. The molecule has 5 nitrogen and oxygen atoms in total. The van der Waals surface area contributed by atoms with Gasteiger partial charge in [-0.2, -0.15) is 0 Å². The van der Waals surface area contributed by atoms with Crippen LogP contribution in [0, 0.1) is 5.41 Å². The van der Waals surface area contributed by atoms with Crippen molar-refractivity contribution in [3.63, 3.8) is 0 Å². The maximum atomic E-state index is 12.5. The molecule has 1 aromatic rings. The van der Waals surface area contributed by atoms with Gasteiger partial charge >= 0.3 is 0 Å². The summed E-state index contributed by atoms with van der Waals surface area (Å²) in [6.07, 6.45) is 1.69. The Bertz CT molecular complexity index is 515. The predicted molar refractivity (Wildman–Crippen MR) is 95.0 cm³/mol. The molecule has 1 amide bonds. The van der Waals surface area contributed by atoms with E-state index in [2.05, 4.69) is 30.1 Å². The molecule has 1 saturated heterocycles. The first-order chi connectivity index (χ1) is 11.6. The molecular formula is C19H30N2O3. The second kappa shape index (κ2) is 9.16. The first-order valence-electron chi connectivity index (χ1n) is 8.90. The summed E-state index contributed by atoms with van der Waals surface area (Å²) in [5.41, 5.74) is 1.60. The molecule has 0 aliphatic carbocycles. The van der Waals surface area contributed by atoms with Gasteiger partial charge < -0.3 is 15.2 Å². The van der Waals surface area contributed by atoms with Gasteiger partial charge in [-0.25, -0.2) is 0 Å². The highest BCUT2D eigenvalue weighted by atomic mass is 16.5. The van der Waals surface area contributed by atoms with Crippen LogP contribution in [0.25, 0.3) is 0 Å². The number of aliphatic hydroxyl groups excluding tert-OH is 1. The van der Waals surface area contributed by atoms with E-state index < -0.39 is 0 Å². The first-order valence-corrected chi connectivity index (χ1v) is 8.90. The van der Waals surface area contributed by atoms with E-state index in [0.717, 1.165) is 51.3 Å². The Morgan fingerprint density at radius 1 is 1.29 bits per heavy atom. The zero-order chi connectivity index (χ0) is 17.4. The summed E-state index contributed by atoms with van der Waals surface area (Å²) in [7, 11) is 0. The van der Waals surface area contributed by atoms with Gasteiger partial charge in [0.05, 0.1) is 19.8 Å². The quantitative estimate of drug-likeness (QED) is 0.764. The van der Waals surface area contributed by atoms with E-state index in [0.29, 0.717) is 12.1 Å². The van der Waals surface area contributed by atoms with Gasteiger partial charge in [0.25, 0.3) is 5.91 Å². The Hall–Kier alpha value is -1.43. The van der Waals surface area contributed by atoms with Gasteiger partial charge in [-0.3, -0.25) is 9.69 Å². The maximum Gasteiger partial charge on any atom is 0.251 e. The van der Waals surface area contributed by atoms with Crippen LogP contribution in [0.2, 0.25) is 0 Å². The van der Waals surface area contributed by atoms with Crippen LogP contribution in [-0.2, 0) is 11.3 Å². The predicted octanol–water partition coefficient (Wildman–Crippen LogP) is 2.05. The molecule has 0 unspecified atom stereocenters. The Morgan fingerprint density at radius 3 is 2.62 bits per heavy atom.